The van der Waals surface area contributed by atoms with Crippen LogP contribution in [0.4, 0.5) is 10.8 Å². The van der Waals surface area contributed by atoms with Crippen molar-refractivity contribution in [2.45, 2.75) is 18.9 Å². The van der Waals surface area contributed by atoms with E-state index in [0.29, 0.717) is 36.5 Å². The van der Waals surface area contributed by atoms with Crippen LogP contribution in [0.1, 0.15) is 23.3 Å². The lowest BCUT2D eigenvalue weighted by molar-refractivity contribution is -0.00859. The summed E-state index contributed by atoms with van der Waals surface area (Å²) in [4.78, 5) is 19.3. The van der Waals surface area contributed by atoms with E-state index in [1.54, 1.807) is 7.11 Å². The number of methoxy groups -OCH3 is 1. The Balaban J connectivity index is 1.45. The van der Waals surface area contributed by atoms with E-state index in [9.17, 15) is 4.79 Å². The summed E-state index contributed by atoms with van der Waals surface area (Å²) in [5.74, 6) is 1.41. The second-order valence-corrected chi connectivity index (χ2v) is 7.23. The fourth-order valence-electron chi connectivity index (χ4n) is 3.12. The number of amides is 1. The summed E-state index contributed by atoms with van der Waals surface area (Å²) < 4.78 is 10.7. The number of benzene rings is 1. The minimum Gasteiger partial charge on any atom is -0.497 e. The number of morpholine rings is 1. The van der Waals surface area contributed by atoms with Crippen molar-refractivity contribution in [2.75, 3.05) is 32.2 Å². The molecule has 6 nitrogen and oxygen atoms in total. The molecule has 7 heteroatoms. The minimum absolute atomic E-state index is 0.0132. The van der Waals surface area contributed by atoms with Gasteiger partial charge in [-0.15, -0.1) is 11.3 Å². The molecule has 1 amide bonds. The highest BCUT2D eigenvalue weighted by Crippen LogP contribution is 2.37. The second-order valence-electron chi connectivity index (χ2n) is 6.37. The lowest BCUT2D eigenvalue weighted by Crippen LogP contribution is -2.49. The van der Waals surface area contributed by atoms with Gasteiger partial charge in [0.1, 0.15) is 11.4 Å². The highest BCUT2D eigenvalue weighted by atomic mass is 32.1. The Morgan fingerprint density at radius 1 is 1.36 bits per heavy atom. The molecule has 2 fully saturated rings. The Kier molecular flexibility index (Phi) is 4.59. The Morgan fingerprint density at radius 3 is 2.88 bits per heavy atom. The third-order valence-electron chi connectivity index (χ3n) is 4.66. The fourth-order valence-corrected chi connectivity index (χ4v) is 3.83. The maximum atomic E-state index is 12.9. The fraction of sp³-hybridized carbons (Fsp3) is 0.444. The molecule has 1 aromatic heterocycles. The number of thiazole rings is 1. The highest BCUT2D eigenvalue weighted by Gasteiger charge is 2.39. The van der Waals surface area contributed by atoms with Crippen LogP contribution in [0.25, 0.3) is 0 Å². The number of hydrogen-bond donors (Lipinski definition) is 1. The number of anilines is 2. The van der Waals surface area contributed by atoms with E-state index in [0.717, 1.165) is 11.4 Å². The molecular formula is C18H21N3O3S. The molecule has 1 saturated heterocycles. The monoisotopic (exact) mass is 359 g/mol. The molecule has 1 atom stereocenters. The second kappa shape index (κ2) is 7.01. The quantitative estimate of drug-likeness (QED) is 0.888. The SMILES string of the molecule is COc1ccc(Nc2nc(C(=O)N3CCOCC3C3CC3)cs2)cc1. The van der Waals surface area contributed by atoms with E-state index in [-0.39, 0.29) is 11.9 Å². The van der Waals surface area contributed by atoms with Gasteiger partial charge in [-0.25, -0.2) is 4.98 Å². The number of carbonyl (C=O) groups is 1. The van der Waals surface area contributed by atoms with Crippen LogP contribution in [-0.2, 0) is 4.74 Å². The summed E-state index contributed by atoms with van der Waals surface area (Å²) in [6.07, 6.45) is 2.39. The number of nitrogens with one attached hydrogen (secondary N) is 1. The summed E-state index contributed by atoms with van der Waals surface area (Å²) in [5, 5.41) is 5.78. The molecule has 2 heterocycles. The van der Waals surface area contributed by atoms with Crippen molar-refractivity contribution in [2.24, 2.45) is 5.92 Å². The normalized spacial score (nSPS) is 20.4. The molecule has 0 spiro atoms. The first kappa shape index (κ1) is 16.4. The molecule has 1 aliphatic heterocycles. The van der Waals surface area contributed by atoms with E-state index < -0.39 is 0 Å². The largest absolute Gasteiger partial charge is 0.497 e. The van der Waals surface area contributed by atoms with Crippen molar-refractivity contribution in [1.82, 2.24) is 9.88 Å². The average Bonchev–Trinajstić information content (AvgIpc) is 3.41. The zero-order valence-electron chi connectivity index (χ0n) is 14.1. The smallest absolute Gasteiger partial charge is 0.273 e. The Hall–Kier alpha value is -2.12. The number of hydrogen-bond acceptors (Lipinski definition) is 6. The molecule has 1 unspecified atom stereocenters. The predicted octanol–water partition coefficient (Wildman–Crippen LogP) is 3.15. The van der Waals surface area contributed by atoms with E-state index in [4.69, 9.17) is 9.47 Å². The van der Waals surface area contributed by atoms with E-state index in [1.165, 1.54) is 24.2 Å². The van der Waals surface area contributed by atoms with Gasteiger partial charge in [-0.05, 0) is 43.0 Å². The molecule has 2 aromatic rings. The van der Waals surface area contributed by atoms with Gasteiger partial charge in [0.2, 0.25) is 0 Å². The molecule has 4 rings (SSSR count). The first-order valence-corrected chi connectivity index (χ1v) is 9.38. The summed E-state index contributed by atoms with van der Waals surface area (Å²) in [7, 11) is 1.64. The van der Waals surface area contributed by atoms with Crippen LogP contribution >= 0.6 is 11.3 Å². The highest BCUT2D eigenvalue weighted by molar-refractivity contribution is 7.14. The molecule has 2 aliphatic rings. The van der Waals surface area contributed by atoms with E-state index in [2.05, 4.69) is 10.3 Å². The minimum atomic E-state index is 0.0132. The lowest BCUT2D eigenvalue weighted by Gasteiger charge is -2.35. The van der Waals surface area contributed by atoms with Crippen LogP contribution in [0.2, 0.25) is 0 Å². The first-order valence-electron chi connectivity index (χ1n) is 8.50. The van der Waals surface area contributed by atoms with E-state index >= 15 is 0 Å². The summed E-state index contributed by atoms with van der Waals surface area (Å²) in [6, 6.07) is 7.83. The molecule has 0 radical (unpaired) electrons. The molecule has 1 saturated carbocycles. The Labute approximate surface area is 150 Å². The van der Waals surface area contributed by atoms with Crippen molar-refractivity contribution in [3.8, 4) is 5.75 Å². The third kappa shape index (κ3) is 3.62. The van der Waals surface area contributed by atoms with Gasteiger partial charge in [0.25, 0.3) is 5.91 Å². The number of rotatable bonds is 5. The standard InChI is InChI=1S/C18H21N3O3S/c1-23-14-6-4-13(5-7-14)19-18-20-15(11-25-18)17(22)21-8-9-24-10-16(21)12-2-3-12/h4-7,11-12,16H,2-3,8-10H2,1H3,(H,19,20). The van der Waals surface area contributed by atoms with Crippen LogP contribution in [0.5, 0.6) is 5.75 Å². The van der Waals surface area contributed by atoms with Gasteiger partial charge in [0, 0.05) is 17.6 Å². The number of nitrogens with zero attached hydrogens (tertiary/aromatic N) is 2. The van der Waals surface area contributed by atoms with Crippen LogP contribution in [0.15, 0.2) is 29.6 Å². The predicted molar refractivity (Wildman–Crippen MR) is 96.8 cm³/mol. The third-order valence-corrected chi connectivity index (χ3v) is 5.41. The van der Waals surface area contributed by atoms with Crippen molar-refractivity contribution < 1.29 is 14.3 Å². The first-order chi connectivity index (χ1) is 12.2. The van der Waals surface area contributed by atoms with Crippen molar-refractivity contribution in [1.29, 1.82) is 0 Å². The van der Waals surface area contributed by atoms with Crippen molar-refractivity contribution >= 4 is 28.1 Å². The molecule has 1 aliphatic carbocycles. The van der Waals surface area contributed by atoms with Gasteiger partial charge in [-0.1, -0.05) is 0 Å². The van der Waals surface area contributed by atoms with Crippen LogP contribution in [0, 0.1) is 5.92 Å². The van der Waals surface area contributed by atoms with E-state index in [1.807, 2.05) is 34.5 Å². The van der Waals surface area contributed by atoms with Crippen molar-refractivity contribution in [3.63, 3.8) is 0 Å². The molecule has 132 valence electrons. The maximum absolute atomic E-state index is 12.9. The van der Waals surface area contributed by atoms with Gasteiger partial charge in [0.15, 0.2) is 5.13 Å². The molecule has 1 N–H and O–H groups in total. The average molecular weight is 359 g/mol. The molecular weight excluding hydrogens is 338 g/mol. The molecule has 1 aromatic carbocycles. The zero-order chi connectivity index (χ0) is 17.2. The summed E-state index contributed by atoms with van der Waals surface area (Å²) in [6.45, 7) is 1.91. The number of carbonyl (C=O) groups excluding carboxylic acids is 1. The van der Waals surface area contributed by atoms with Crippen molar-refractivity contribution in [3.05, 3.63) is 35.3 Å². The van der Waals surface area contributed by atoms with Gasteiger partial charge >= 0.3 is 0 Å². The van der Waals surface area contributed by atoms with Gasteiger partial charge < -0.3 is 19.7 Å². The lowest BCUT2D eigenvalue weighted by atomic mass is 10.1. The molecule has 0 bridgehead atoms. The Morgan fingerprint density at radius 2 is 2.16 bits per heavy atom. The van der Waals surface area contributed by atoms with Gasteiger partial charge in [-0.2, -0.15) is 0 Å². The topological polar surface area (TPSA) is 63.7 Å². The number of ether oxygens (including phenoxy) is 2. The Bertz CT molecular complexity index is 742. The molecule has 25 heavy (non-hydrogen) atoms. The zero-order valence-corrected chi connectivity index (χ0v) is 14.9. The van der Waals surface area contributed by atoms with Gasteiger partial charge in [-0.3, -0.25) is 4.79 Å². The maximum Gasteiger partial charge on any atom is 0.273 e. The van der Waals surface area contributed by atoms with Crippen LogP contribution in [-0.4, -0.2) is 48.7 Å². The number of aromatic nitrogens is 1. The van der Waals surface area contributed by atoms with Gasteiger partial charge in [0.05, 0.1) is 26.4 Å². The summed E-state index contributed by atoms with van der Waals surface area (Å²) in [5.41, 5.74) is 1.42. The van der Waals surface area contributed by atoms with Crippen LogP contribution in [0.3, 0.4) is 0 Å². The van der Waals surface area contributed by atoms with Crippen LogP contribution < -0.4 is 10.1 Å². The summed E-state index contributed by atoms with van der Waals surface area (Å²) >= 11 is 1.44.